The Bertz CT molecular complexity index is 904. The molecule has 0 aromatic heterocycles. The highest BCUT2D eigenvalue weighted by atomic mass is 16.5. The number of allylic oxidation sites excluding steroid dienone is 3. The lowest BCUT2D eigenvalue weighted by atomic mass is 10.0. The molecular weight excluding hydrogens is 340 g/mol. The molecule has 4 nitrogen and oxygen atoms in total. The third kappa shape index (κ3) is 5.35. The summed E-state index contributed by atoms with van der Waals surface area (Å²) in [5, 5.41) is 10.2. The number of ether oxygens (including phenoxy) is 2. The van der Waals surface area contributed by atoms with Crippen molar-refractivity contribution in [3.63, 3.8) is 0 Å². The van der Waals surface area contributed by atoms with Crippen LogP contribution in [-0.4, -0.2) is 25.1 Å². The van der Waals surface area contributed by atoms with Gasteiger partial charge in [0.05, 0.1) is 14.2 Å². The fraction of sp³-hybridized carbons (Fsp3) is 0.174. The van der Waals surface area contributed by atoms with Crippen LogP contribution in [0.25, 0.3) is 12.2 Å². The Kier molecular flexibility index (Phi) is 7.00. The summed E-state index contributed by atoms with van der Waals surface area (Å²) < 4.78 is 10.4. The van der Waals surface area contributed by atoms with E-state index >= 15 is 0 Å². The van der Waals surface area contributed by atoms with Gasteiger partial charge in [0.15, 0.2) is 5.78 Å². The Labute approximate surface area is 160 Å². The standard InChI is InChI=1S/C23H24O4/c1-16-19(8-6-10-23(16)27-4)12-14-22(25)17(2)21(24)13-11-18-7-5-9-20(15-18)26-3/h5-15,24H,1-4H3/b13-11+,14-12+,21-17?. The van der Waals surface area contributed by atoms with Gasteiger partial charge in [-0.15, -0.1) is 0 Å². The predicted molar refractivity (Wildman–Crippen MR) is 109 cm³/mol. The summed E-state index contributed by atoms with van der Waals surface area (Å²) in [5.74, 6) is 1.16. The molecule has 0 radical (unpaired) electrons. The Balaban J connectivity index is 2.16. The molecule has 0 heterocycles. The van der Waals surface area contributed by atoms with Crippen molar-refractivity contribution in [2.75, 3.05) is 14.2 Å². The molecule has 0 fully saturated rings. The van der Waals surface area contributed by atoms with Crippen molar-refractivity contribution >= 4 is 17.9 Å². The van der Waals surface area contributed by atoms with Crippen LogP contribution in [0.15, 0.2) is 65.9 Å². The van der Waals surface area contributed by atoms with E-state index in [0.29, 0.717) is 0 Å². The van der Waals surface area contributed by atoms with Gasteiger partial charge in [-0.2, -0.15) is 0 Å². The molecule has 0 atom stereocenters. The molecule has 140 valence electrons. The quantitative estimate of drug-likeness (QED) is 0.420. The van der Waals surface area contributed by atoms with Crippen molar-refractivity contribution in [3.05, 3.63) is 82.6 Å². The maximum atomic E-state index is 12.3. The fourth-order valence-corrected chi connectivity index (χ4v) is 2.50. The first-order valence-electron chi connectivity index (χ1n) is 8.54. The van der Waals surface area contributed by atoms with Crippen molar-refractivity contribution in [1.29, 1.82) is 0 Å². The topological polar surface area (TPSA) is 55.8 Å². The number of carbonyl (C=O) groups is 1. The van der Waals surface area contributed by atoms with Gasteiger partial charge >= 0.3 is 0 Å². The fourth-order valence-electron chi connectivity index (χ4n) is 2.50. The molecule has 0 unspecified atom stereocenters. The highest BCUT2D eigenvalue weighted by molar-refractivity contribution is 6.06. The molecule has 1 N–H and O–H groups in total. The van der Waals surface area contributed by atoms with Gasteiger partial charge in [0.2, 0.25) is 0 Å². The minimum absolute atomic E-state index is 0.0742. The Morgan fingerprint density at radius 3 is 2.44 bits per heavy atom. The predicted octanol–water partition coefficient (Wildman–Crippen LogP) is 5.14. The van der Waals surface area contributed by atoms with Gasteiger partial charge in [-0.25, -0.2) is 0 Å². The molecule has 2 aromatic carbocycles. The Morgan fingerprint density at radius 1 is 1.00 bits per heavy atom. The first-order valence-corrected chi connectivity index (χ1v) is 8.54. The van der Waals surface area contributed by atoms with Crippen LogP contribution < -0.4 is 9.47 Å². The lowest BCUT2D eigenvalue weighted by Gasteiger charge is -2.06. The van der Waals surface area contributed by atoms with E-state index in [1.54, 1.807) is 33.3 Å². The van der Waals surface area contributed by atoms with E-state index in [9.17, 15) is 9.90 Å². The molecule has 0 aliphatic carbocycles. The summed E-state index contributed by atoms with van der Waals surface area (Å²) in [5.41, 5.74) is 2.98. The number of aliphatic hydroxyl groups excluding tert-OH is 1. The van der Waals surface area contributed by atoms with Crippen LogP contribution in [0, 0.1) is 6.92 Å². The van der Waals surface area contributed by atoms with Gasteiger partial charge in [0.25, 0.3) is 0 Å². The highest BCUT2D eigenvalue weighted by Crippen LogP contribution is 2.22. The number of carbonyl (C=O) groups excluding carboxylic acids is 1. The molecule has 27 heavy (non-hydrogen) atoms. The molecule has 2 rings (SSSR count). The van der Waals surface area contributed by atoms with E-state index < -0.39 is 0 Å². The number of aliphatic hydroxyl groups is 1. The SMILES string of the molecule is COc1cccc(/C=C/C(O)=C(C)C(=O)/C=C/c2cccc(OC)c2C)c1. The summed E-state index contributed by atoms with van der Waals surface area (Å²) >= 11 is 0. The largest absolute Gasteiger partial charge is 0.508 e. The Hall–Kier alpha value is -3.27. The van der Waals surface area contributed by atoms with Crippen LogP contribution in [0.4, 0.5) is 0 Å². The molecule has 0 aliphatic rings. The van der Waals surface area contributed by atoms with E-state index in [4.69, 9.17) is 9.47 Å². The maximum absolute atomic E-state index is 12.3. The average Bonchev–Trinajstić information content (AvgIpc) is 2.70. The summed E-state index contributed by atoms with van der Waals surface area (Å²) in [7, 11) is 3.21. The van der Waals surface area contributed by atoms with Gasteiger partial charge in [-0.05, 0) is 60.9 Å². The van der Waals surface area contributed by atoms with E-state index in [-0.39, 0.29) is 17.1 Å². The van der Waals surface area contributed by atoms with Crippen LogP contribution >= 0.6 is 0 Å². The number of hydrogen-bond acceptors (Lipinski definition) is 4. The summed E-state index contributed by atoms with van der Waals surface area (Å²) in [6.07, 6.45) is 6.41. The Morgan fingerprint density at radius 2 is 1.74 bits per heavy atom. The monoisotopic (exact) mass is 364 g/mol. The lowest BCUT2D eigenvalue weighted by molar-refractivity contribution is -0.111. The minimum Gasteiger partial charge on any atom is -0.508 e. The van der Waals surface area contributed by atoms with Crippen LogP contribution in [0.2, 0.25) is 0 Å². The van der Waals surface area contributed by atoms with Crippen molar-refractivity contribution in [1.82, 2.24) is 0 Å². The number of ketones is 1. The average molecular weight is 364 g/mol. The van der Waals surface area contributed by atoms with Crippen LogP contribution in [0.3, 0.4) is 0 Å². The van der Waals surface area contributed by atoms with Gasteiger partial charge in [-0.3, -0.25) is 4.79 Å². The van der Waals surface area contributed by atoms with Crippen molar-refractivity contribution in [2.45, 2.75) is 13.8 Å². The van der Waals surface area contributed by atoms with Gasteiger partial charge in [0, 0.05) is 5.57 Å². The maximum Gasteiger partial charge on any atom is 0.185 e. The van der Waals surface area contributed by atoms with Crippen LogP contribution in [-0.2, 0) is 4.79 Å². The molecule has 0 aliphatic heterocycles. The first-order chi connectivity index (χ1) is 13.0. The smallest absolute Gasteiger partial charge is 0.185 e. The lowest BCUT2D eigenvalue weighted by Crippen LogP contribution is -1.98. The van der Waals surface area contributed by atoms with Gasteiger partial charge in [-0.1, -0.05) is 36.4 Å². The van der Waals surface area contributed by atoms with E-state index in [1.807, 2.05) is 49.4 Å². The number of rotatable bonds is 7. The van der Waals surface area contributed by atoms with E-state index in [1.165, 1.54) is 12.2 Å². The highest BCUT2D eigenvalue weighted by Gasteiger charge is 2.06. The first kappa shape index (κ1) is 20.0. The molecule has 0 saturated carbocycles. The third-order valence-electron chi connectivity index (χ3n) is 4.24. The van der Waals surface area contributed by atoms with Crippen molar-refractivity contribution in [3.8, 4) is 11.5 Å². The minimum atomic E-state index is -0.259. The molecule has 0 spiro atoms. The second-order valence-electron chi connectivity index (χ2n) is 5.99. The number of hydrogen-bond donors (Lipinski definition) is 1. The third-order valence-corrected chi connectivity index (χ3v) is 4.24. The second-order valence-corrected chi connectivity index (χ2v) is 5.99. The normalized spacial score (nSPS) is 12.3. The number of methoxy groups -OCH3 is 2. The number of benzene rings is 2. The van der Waals surface area contributed by atoms with E-state index in [2.05, 4.69) is 0 Å². The zero-order chi connectivity index (χ0) is 19.8. The molecule has 4 heteroatoms. The zero-order valence-electron chi connectivity index (χ0n) is 16.0. The molecule has 0 amide bonds. The van der Waals surface area contributed by atoms with Crippen LogP contribution in [0.1, 0.15) is 23.6 Å². The molecule has 2 aromatic rings. The van der Waals surface area contributed by atoms with Gasteiger partial charge in [0.1, 0.15) is 17.3 Å². The summed E-state index contributed by atoms with van der Waals surface area (Å²) in [6, 6.07) is 13.1. The van der Waals surface area contributed by atoms with Crippen molar-refractivity contribution < 1.29 is 19.4 Å². The van der Waals surface area contributed by atoms with Crippen LogP contribution in [0.5, 0.6) is 11.5 Å². The molecular formula is C23H24O4. The molecule has 0 saturated heterocycles. The summed E-state index contributed by atoms with van der Waals surface area (Å²) in [4.78, 5) is 12.3. The zero-order valence-corrected chi connectivity index (χ0v) is 16.0. The van der Waals surface area contributed by atoms with E-state index in [0.717, 1.165) is 28.2 Å². The second kappa shape index (κ2) is 9.43. The summed E-state index contributed by atoms with van der Waals surface area (Å²) in [6.45, 7) is 3.52. The van der Waals surface area contributed by atoms with Crippen molar-refractivity contribution in [2.24, 2.45) is 0 Å². The van der Waals surface area contributed by atoms with Gasteiger partial charge < -0.3 is 14.6 Å². The molecule has 0 bridgehead atoms.